The number of nitrogens with two attached hydrogens (primary N) is 1. The van der Waals surface area contributed by atoms with Crippen LogP contribution in [-0.4, -0.2) is 21.0 Å². The van der Waals surface area contributed by atoms with E-state index in [-0.39, 0.29) is 0 Å². The van der Waals surface area contributed by atoms with Gasteiger partial charge in [-0.25, -0.2) is 4.68 Å². The summed E-state index contributed by atoms with van der Waals surface area (Å²) >= 11 is 0. The minimum Gasteiger partial charge on any atom is -0.327 e. The molecular weight excluding hydrogens is 176 g/mol. The molecule has 2 unspecified atom stereocenters. The average molecular weight is 194 g/mol. The number of hydrogen-bond donors (Lipinski definition) is 1. The van der Waals surface area contributed by atoms with Crippen molar-refractivity contribution >= 4 is 0 Å². The van der Waals surface area contributed by atoms with Crippen molar-refractivity contribution in [1.29, 1.82) is 0 Å². The van der Waals surface area contributed by atoms with Crippen molar-refractivity contribution in [2.45, 2.75) is 51.6 Å². The molecule has 4 heteroatoms. The Bertz CT molecular complexity index is 318. The number of aryl methyl sites for hydroxylation is 1. The van der Waals surface area contributed by atoms with Crippen LogP contribution in [0.5, 0.6) is 0 Å². The van der Waals surface area contributed by atoms with Crippen molar-refractivity contribution in [3.63, 3.8) is 0 Å². The molecule has 0 aliphatic heterocycles. The Kier molecular flexibility index (Phi) is 2.54. The van der Waals surface area contributed by atoms with E-state index in [0.717, 1.165) is 31.4 Å². The van der Waals surface area contributed by atoms with Gasteiger partial charge >= 0.3 is 0 Å². The number of nitrogens with zero attached hydrogens (tertiary/aromatic N) is 3. The van der Waals surface area contributed by atoms with E-state index in [2.05, 4.69) is 24.2 Å². The van der Waals surface area contributed by atoms with E-state index < -0.39 is 0 Å². The summed E-state index contributed by atoms with van der Waals surface area (Å²) in [6.45, 7) is 4.34. The van der Waals surface area contributed by atoms with Crippen LogP contribution >= 0.6 is 0 Å². The Morgan fingerprint density at radius 1 is 1.64 bits per heavy atom. The summed E-state index contributed by atoms with van der Waals surface area (Å²) in [4.78, 5) is 0. The van der Waals surface area contributed by atoms with Gasteiger partial charge in [-0.2, -0.15) is 0 Å². The van der Waals surface area contributed by atoms with Gasteiger partial charge in [-0.1, -0.05) is 12.1 Å². The van der Waals surface area contributed by atoms with Crippen LogP contribution in [0.2, 0.25) is 0 Å². The molecular formula is C10H18N4. The zero-order valence-corrected chi connectivity index (χ0v) is 8.90. The van der Waals surface area contributed by atoms with Gasteiger partial charge in [0.1, 0.15) is 0 Å². The summed E-state index contributed by atoms with van der Waals surface area (Å²) in [5.41, 5.74) is 8.37. The second kappa shape index (κ2) is 3.69. The van der Waals surface area contributed by atoms with Crippen LogP contribution in [0.3, 0.4) is 0 Å². The lowest BCUT2D eigenvalue weighted by atomic mass is 9.96. The molecule has 1 aliphatic carbocycles. The fourth-order valence-electron chi connectivity index (χ4n) is 1.95. The number of rotatable bonds is 2. The van der Waals surface area contributed by atoms with Gasteiger partial charge in [0, 0.05) is 12.5 Å². The van der Waals surface area contributed by atoms with Crippen LogP contribution in [-0.2, 0) is 12.8 Å². The molecule has 2 N–H and O–H groups in total. The van der Waals surface area contributed by atoms with Crippen molar-refractivity contribution in [3.05, 3.63) is 11.4 Å². The van der Waals surface area contributed by atoms with Crippen LogP contribution in [0.15, 0.2) is 0 Å². The third-order valence-electron chi connectivity index (χ3n) is 3.09. The van der Waals surface area contributed by atoms with Gasteiger partial charge in [-0.15, -0.1) is 5.10 Å². The Labute approximate surface area is 84.5 Å². The summed E-state index contributed by atoms with van der Waals surface area (Å²) in [6.07, 6.45) is 4.07. The standard InChI is InChI=1S/C10H18N4/c1-3-7(2)14-10-6-8(11)4-5-9(10)12-13-14/h7-8H,3-6,11H2,1-2H3. The van der Waals surface area contributed by atoms with Crippen molar-refractivity contribution in [3.8, 4) is 0 Å². The molecule has 0 saturated carbocycles. The molecule has 0 saturated heterocycles. The van der Waals surface area contributed by atoms with E-state index in [4.69, 9.17) is 5.73 Å². The first-order valence-electron chi connectivity index (χ1n) is 5.41. The predicted octanol–water partition coefficient (Wildman–Crippen LogP) is 1.07. The van der Waals surface area contributed by atoms with Crippen LogP contribution < -0.4 is 5.73 Å². The highest BCUT2D eigenvalue weighted by Crippen LogP contribution is 2.21. The summed E-state index contributed by atoms with van der Waals surface area (Å²) < 4.78 is 2.05. The van der Waals surface area contributed by atoms with Crippen LogP contribution in [0.4, 0.5) is 0 Å². The molecule has 1 aliphatic rings. The van der Waals surface area contributed by atoms with Crippen molar-refractivity contribution in [2.75, 3.05) is 0 Å². The fraction of sp³-hybridized carbons (Fsp3) is 0.800. The van der Waals surface area contributed by atoms with Gasteiger partial charge in [0.25, 0.3) is 0 Å². The highest BCUT2D eigenvalue weighted by Gasteiger charge is 2.22. The zero-order valence-electron chi connectivity index (χ0n) is 8.90. The molecule has 4 nitrogen and oxygen atoms in total. The normalized spacial score (nSPS) is 23.2. The monoisotopic (exact) mass is 194 g/mol. The van der Waals surface area contributed by atoms with Gasteiger partial charge in [-0.05, 0) is 26.2 Å². The van der Waals surface area contributed by atoms with Crippen molar-refractivity contribution in [2.24, 2.45) is 5.73 Å². The van der Waals surface area contributed by atoms with E-state index in [1.165, 1.54) is 5.69 Å². The number of hydrogen-bond acceptors (Lipinski definition) is 3. The molecule has 0 spiro atoms. The van der Waals surface area contributed by atoms with E-state index in [1.807, 2.05) is 4.68 Å². The maximum absolute atomic E-state index is 5.95. The minimum absolute atomic E-state index is 0.295. The molecule has 1 aromatic heterocycles. The molecule has 1 aromatic rings. The topological polar surface area (TPSA) is 56.7 Å². The first-order valence-corrected chi connectivity index (χ1v) is 5.41. The van der Waals surface area contributed by atoms with Crippen molar-refractivity contribution in [1.82, 2.24) is 15.0 Å². The lowest BCUT2D eigenvalue weighted by Crippen LogP contribution is -2.29. The lowest BCUT2D eigenvalue weighted by Gasteiger charge is -2.20. The first-order chi connectivity index (χ1) is 6.72. The highest BCUT2D eigenvalue weighted by molar-refractivity contribution is 5.16. The summed E-state index contributed by atoms with van der Waals surface area (Å²) in [6, 6.07) is 0.736. The molecule has 14 heavy (non-hydrogen) atoms. The smallest absolute Gasteiger partial charge is 0.0860 e. The van der Waals surface area contributed by atoms with Gasteiger partial charge in [0.05, 0.1) is 17.4 Å². The minimum atomic E-state index is 0.295. The Morgan fingerprint density at radius 3 is 3.14 bits per heavy atom. The summed E-state index contributed by atoms with van der Waals surface area (Å²) in [7, 11) is 0. The maximum atomic E-state index is 5.95. The largest absolute Gasteiger partial charge is 0.327 e. The molecule has 78 valence electrons. The lowest BCUT2D eigenvalue weighted by molar-refractivity contribution is 0.435. The van der Waals surface area contributed by atoms with E-state index in [1.54, 1.807) is 0 Å². The van der Waals surface area contributed by atoms with E-state index in [9.17, 15) is 0 Å². The van der Waals surface area contributed by atoms with E-state index in [0.29, 0.717) is 12.1 Å². The second-order valence-electron chi connectivity index (χ2n) is 4.19. The van der Waals surface area contributed by atoms with Gasteiger partial charge < -0.3 is 5.73 Å². The highest BCUT2D eigenvalue weighted by atomic mass is 15.4. The maximum Gasteiger partial charge on any atom is 0.0860 e. The van der Waals surface area contributed by atoms with Crippen LogP contribution in [0.25, 0.3) is 0 Å². The summed E-state index contributed by atoms with van der Waals surface area (Å²) in [5.74, 6) is 0. The molecule has 0 aromatic carbocycles. The second-order valence-corrected chi connectivity index (χ2v) is 4.19. The average Bonchev–Trinajstić information content (AvgIpc) is 2.59. The number of fused-ring (bicyclic) bond motifs is 1. The Balaban J connectivity index is 2.30. The quantitative estimate of drug-likeness (QED) is 0.766. The SMILES string of the molecule is CCC(C)n1nnc2c1CC(N)CC2. The third-order valence-corrected chi connectivity index (χ3v) is 3.09. The number of aromatic nitrogens is 3. The molecule has 0 radical (unpaired) electrons. The van der Waals surface area contributed by atoms with Gasteiger partial charge in [0.15, 0.2) is 0 Å². The van der Waals surface area contributed by atoms with Crippen LogP contribution in [0, 0.1) is 0 Å². The van der Waals surface area contributed by atoms with Gasteiger partial charge in [-0.3, -0.25) is 0 Å². The van der Waals surface area contributed by atoms with Gasteiger partial charge in [0.2, 0.25) is 0 Å². The third kappa shape index (κ3) is 1.54. The molecule has 2 atom stereocenters. The van der Waals surface area contributed by atoms with E-state index >= 15 is 0 Å². The first kappa shape index (κ1) is 9.65. The summed E-state index contributed by atoms with van der Waals surface area (Å²) in [5, 5.41) is 8.43. The fourth-order valence-corrected chi connectivity index (χ4v) is 1.95. The predicted molar refractivity (Wildman–Crippen MR) is 55.0 cm³/mol. The zero-order chi connectivity index (χ0) is 10.1. The molecule has 0 bridgehead atoms. The molecule has 2 rings (SSSR count). The van der Waals surface area contributed by atoms with Crippen LogP contribution in [0.1, 0.15) is 44.1 Å². The Morgan fingerprint density at radius 2 is 2.43 bits per heavy atom. The molecule has 1 heterocycles. The Hall–Kier alpha value is -0.900. The molecule has 0 amide bonds. The van der Waals surface area contributed by atoms with Crippen molar-refractivity contribution < 1.29 is 0 Å². The molecule has 0 fully saturated rings.